The zero-order chi connectivity index (χ0) is 38.5. The highest BCUT2D eigenvalue weighted by molar-refractivity contribution is 6.21. The molecule has 0 aliphatic heterocycles. The molecule has 1 unspecified atom stereocenters. The van der Waals surface area contributed by atoms with Crippen molar-refractivity contribution < 1.29 is 4.42 Å². The van der Waals surface area contributed by atoms with Gasteiger partial charge in [-0.3, -0.25) is 0 Å². The van der Waals surface area contributed by atoms with Gasteiger partial charge in [-0.1, -0.05) is 172 Å². The number of hydrogen-bond donors (Lipinski definition) is 0. The maximum atomic E-state index is 6.20. The highest BCUT2D eigenvalue weighted by atomic mass is 16.3. The zero-order valence-electron chi connectivity index (χ0n) is 32.6. The van der Waals surface area contributed by atoms with Crippen molar-refractivity contribution in [2.75, 3.05) is 0 Å². The SMILES string of the molecule is CC1(C)c2cc(-c3c4ccccc4c(-c4cccc(-c5ccc6ccccc6c5)c4)c4ccccc34)ccc2-c2ccc(C3C=Cc4oc5ccccc5c4C3)cc21. The van der Waals surface area contributed by atoms with Gasteiger partial charge in [-0.05, 0) is 130 Å². The maximum absolute atomic E-state index is 6.20. The molecule has 0 N–H and O–H groups in total. The molecule has 1 heteroatoms. The zero-order valence-corrected chi connectivity index (χ0v) is 32.6. The third kappa shape index (κ3) is 4.96. The summed E-state index contributed by atoms with van der Waals surface area (Å²) in [6, 6.07) is 65.4. The lowest BCUT2D eigenvalue weighted by atomic mass is 9.79. The molecule has 9 aromatic carbocycles. The van der Waals surface area contributed by atoms with Crippen LogP contribution >= 0.6 is 0 Å². The molecule has 0 saturated heterocycles. The van der Waals surface area contributed by atoms with E-state index in [4.69, 9.17) is 4.42 Å². The second kappa shape index (κ2) is 12.5. The van der Waals surface area contributed by atoms with Crippen LogP contribution in [0.5, 0.6) is 0 Å². The highest BCUT2D eigenvalue weighted by Crippen LogP contribution is 2.52. The van der Waals surface area contributed by atoms with Crippen molar-refractivity contribution in [2.45, 2.75) is 31.6 Å². The Hall–Kier alpha value is -6.96. The Morgan fingerprint density at radius 3 is 1.78 bits per heavy atom. The monoisotopic (exact) mass is 740 g/mol. The minimum absolute atomic E-state index is 0.155. The van der Waals surface area contributed by atoms with Gasteiger partial charge in [-0.15, -0.1) is 0 Å². The fourth-order valence-corrected chi connectivity index (χ4v) is 10.3. The van der Waals surface area contributed by atoms with Gasteiger partial charge in [0, 0.05) is 22.3 Å². The molecule has 0 saturated carbocycles. The van der Waals surface area contributed by atoms with Crippen LogP contribution in [-0.2, 0) is 11.8 Å². The average molecular weight is 741 g/mol. The van der Waals surface area contributed by atoms with Crippen LogP contribution in [0.4, 0.5) is 0 Å². The summed E-state index contributed by atoms with van der Waals surface area (Å²) in [4.78, 5) is 0. The molecule has 58 heavy (non-hydrogen) atoms. The molecule has 1 aromatic heterocycles. The van der Waals surface area contributed by atoms with Gasteiger partial charge in [0.05, 0.1) is 0 Å². The van der Waals surface area contributed by atoms with Gasteiger partial charge in [0.2, 0.25) is 0 Å². The number of hydrogen-bond acceptors (Lipinski definition) is 1. The van der Waals surface area contributed by atoms with E-state index in [0.717, 1.165) is 17.8 Å². The smallest absolute Gasteiger partial charge is 0.135 e. The minimum atomic E-state index is -0.155. The Bertz CT molecular complexity index is 3300. The Labute approximate surface area is 338 Å². The summed E-state index contributed by atoms with van der Waals surface area (Å²) in [5.74, 6) is 1.31. The lowest BCUT2D eigenvalue weighted by Gasteiger charge is -2.24. The molecule has 2 aliphatic rings. The van der Waals surface area contributed by atoms with E-state index in [2.05, 4.69) is 202 Å². The van der Waals surface area contributed by atoms with Crippen molar-refractivity contribution >= 4 is 49.4 Å². The number of rotatable bonds is 4. The molecule has 1 nitrogen and oxygen atoms in total. The number of allylic oxidation sites excluding steroid dienone is 1. The average Bonchev–Trinajstić information content (AvgIpc) is 3.76. The van der Waals surface area contributed by atoms with E-state index < -0.39 is 0 Å². The van der Waals surface area contributed by atoms with E-state index >= 15 is 0 Å². The van der Waals surface area contributed by atoms with E-state index in [9.17, 15) is 0 Å². The van der Waals surface area contributed by atoms with Crippen LogP contribution in [0.25, 0.3) is 93.9 Å². The molecule has 1 heterocycles. The van der Waals surface area contributed by atoms with E-state index in [-0.39, 0.29) is 5.41 Å². The largest absolute Gasteiger partial charge is 0.456 e. The fourth-order valence-electron chi connectivity index (χ4n) is 10.3. The van der Waals surface area contributed by atoms with Gasteiger partial charge in [0.15, 0.2) is 0 Å². The van der Waals surface area contributed by atoms with Crippen LogP contribution < -0.4 is 0 Å². The molecule has 0 radical (unpaired) electrons. The van der Waals surface area contributed by atoms with Crippen LogP contribution in [0.2, 0.25) is 0 Å². The van der Waals surface area contributed by atoms with Crippen LogP contribution in [0.3, 0.4) is 0 Å². The first-order valence-electron chi connectivity index (χ1n) is 20.5. The van der Waals surface area contributed by atoms with Gasteiger partial charge < -0.3 is 4.42 Å². The highest BCUT2D eigenvalue weighted by Gasteiger charge is 2.37. The predicted octanol–water partition coefficient (Wildman–Crippen LogP) is 15.6. The Kier molecular flexibility index (Phi) is 7.17. The molecule has 0 fully saturated rings. The lowest BCUT2D eigenvalue weighted by Crippen LogP contribution is -2.16. The van der Waals surface area contributed by atoms with Gasteiger partial charge in [-0.2, -0.15) is 0 Å². The van der Waals surface area contributed by atoms with Crippen molar-refractivity contribution in [3.8, 4) is 44.5 Å². The van der Waals surface area contributed by atoms with E-state index in [1.54, 1.807) is 0 Å². The number of fused-ring (bicyclic) bond motifs is 9. The first kappa shape index (κ1) is 33.2. The molecule has 274 valence electrons. The van der Waals surface area contributed by atoms with Crippen LogP contribution in [0, 0.1) is 0 Å². The van der Waals surface area contributed by atoms with Crippen LogP contribution in [0.15, 0.2) is 186 Å². The molecule has 2 aliphatic carbocycles. The van der Waals surface area contributed by atoms with E-state index in [0.29, 0.717) is 5.92 Å². The summed E-state index contributed by atoms with van der Waals surface area (Å²) in [5.41, 5.74) is 16.5. The number of benzene rings is 9. The molecule has 10 aromatic rings. The van der Waals surface area contributed by atoms with Crippen molar-refractivity contribution in [1.82, 2.24) is 0 Å². The first-order valence-corrected chi connectivity index (χ1v) is 20.5. The number of furan rings is 1. The molecule has 0 spiro atoms. The molecular formula is C57H40O. The Balaban J connectivity index is 0.961. The summed E-state index contributed by atoms with van der Waals surface area (Å²) in [6.45, 7) is 4.82. The second-order valence-electron chi connectivity index (χ2n) is 16.8. The Morgan fingerprint density at radius 2 is 1.03 bits per heavy atom. The van der Waals surface area contributed by atoms with Gasteiger partial charge in [0.1, 0.15) is 11.3 Å². The van der Waals surface area contributed by atoms with Gasteiger partial charge >= 0.3 is 0 Å². The van der Waals surface area contributed by atoms with Crippen LogP contribution in [0.1, 0.15) is 47.8 Å². The topological polar surface area (TPSA) is 13.1 Å². The molecule has 1 atom stereocenters. The van der Waals surface area contributed by atoms with Crippen molar-refractivity contribution in [1.29, 1.82) is 0 Å². The van der Waals surface area contributed by atoms with Crippen LogP contribution in [-0.4, -0.2) is 0 Å². The summed E-state index contributed by atoms with van der Waals surface area (Å²) in [7, 11) is 0. The maximum Gasteiger partial charge on any atom is 0.135 e. The van der Waals surface area contributed by atoms with E-state index in [1.807, 2.05) is 0 Å². The van der Waals surface area contributed by atoms with Crippen molar-refractivity contribution in [2.24, 2.45) is 0 Å². The summed E-state index contributed by atoms with van der Waals surface area (Å²) < 4.78 is 6.20. The minimum Gasteiger partial charge on any atom is -0.456 e. The third-order valence-electron chi connectivity index (χ3n) is 13.2. The molecular weight excluding hydrogens is 701 g/mol. The van der Waals surface area contributed by atoms with Gasteiger partial charge in [0.25, 0.3) is 0 Å². The lowest BCUT2D eigenvalue weighted by molar-refractivity contribution is 0.591. The summed E-state index contributed by atoms with van der Waals surface area (Å²) in [6.07, 6.45) is 5.46. The van der Waals surface area contributed by atoms with Crippen molar-refractivity contribution in [3.05, 3.63) is 210 Å². The molecule has 0 amide bonds. The number of para-hydroxylation sites is 1. The Morgan fingerprint density at radius 1 is 0.466 bits per heavy atom. The third-order valence-corrected chi connectivity index (χ3v) is 13.2. The van der Waals surface area contributed by atoms with Crippen molar-refractivity contribution in [3.63, 3.8) is 0 Å². The second-order valence-corrected chi connectivity index (χ2v) is 16.8. The standard InChI is InChI=1S/C57H40O/c1-57(2)51-33-40(39-26-29-54-50(32-39)45-16-9-10-21-53(45)58-54)24-27-43(51)44-28-25-42(34-52(44)57)56-48-19-7-5-17-46(48)55(47-18-6-8-20-49(47)56)41-15-11-14-37(31-41)38-23-22-35-12-3-4-13-36(35)30-38/h3-31,33-34,39H,32H2,1-2H3. The van der Waals surface area contributed by atoms with E-state index in [1.165, 1.54) is 104 Å². The quantitative estimate of drug-likeness (QED) is 0.164. The fraction of sp³-hybridized carbons (Fsp3) is 0.0877. The van der Waals surface area contributed by atoms with Gasteiger partial charge in [-0.25, -0.2) is 0 Å². The summed E-state index contributed by atoms with van der Waals surface area (Å²) in [5, 5.41) is 8.85. The molecule has 0 bridgehead atoms. The first-order chi connectivity index (χ1) is 28.5. The summed E-state index contributed by atoms with van der Waals surface area (Å²) >= 11 is 0. The molecule has 12 rings (SSSR count). The normalized spacial score (nSPS) is 15.2. The predicted molar refractivity (Wildman–Crippen MR) is 245 cm³/mol.